The minimum atomic E-state index is -0.519. The van der Waals surface area contributed by atoms with Crippen molar-refractivity contribution in [2.24, 2.45) is 5.73 Å². The predicted octanol–water partition coefficient (Wildman–Crippen LogP) is 1.56. The molecule has 0 saturated carbocycles. The van der Waals surface area contributed by atoms with Crippen molar-refractivity contribution in [3.8, 4) is 17.1 Å². The molecule has 0 atom stereocenters. The summed E-state index contributed by atoms with van der Waals surface area (Å²) in [6.07, 6.45) is 1.61. The molecule has 1 aromatic carbocycles. The Hall–Kier alpha value is -3.46. The normalized spacial score (nSPS) is 14.7. The van der Waals surface area contributed by atoms with Crippen LogP contribution in [0.15, 0.2) is 47.1 Å². The van der Waals surface area contributed by atoms with Crippen LogP contribution < -0.4 is 15.4 Å². The van der Waals surface area contributed by atoms with Crippen LogP contribution >= 0.6 is 0 Å². The molecule has 9 nitrogen and oxygen atoms in total. The number of carbonyl (C=O) groups excluding carboxylic acids is 1. The molecule has 3 aromatic rings. The van der Waals surface area contributed by atoms with Gasteiger partial charge in [0.25, 0.3) is 5.91 Å². The number of ether oxygens (including phenoxy) is 1. The first-order chi connectivity index (χ1) is 14.1. The zero-order valence-corrected chi connectivity index (χ0v) is 16.1. The van der Waals surface area contributed by atoms with E-state index in [2.05, 4.69) is 24.9 Å². The van der Waals surface area contributed by atoms with Gasteiger partial charge in [0.1, 0.15) is 11.4 Å². The molecule has 0 bridgehead atoms. The van der Waals surface area contributed by atoms with Crippen molar-refractivity contribution >= 4 is 11.6 Å². The van der Waals surface area contributed by atoms with Gasteiger partial charge in [-0.2, -0.15) is 4.98 Å². The Morgan fingerprint density at radius 1 is 1.17 bits per heavy atom. The molecule has 9 heteroatoms. The number of piperazine rings is 1. The molecule has 1 fully saturated rings. The van der Waals surface area contributed by atoms with Crippen LogP contribution in [0.5, 0.6) is 5.75 Å². The van der Waals surface area contributed by atoms with E-state index in [-0.39, 0.29) is 5.69 Å². The van der Waals surface area contributed by atoms with Crippen LogP contribution in [0.4, 0.5) is 5.69 Å². The molecule has 1 aliphatic rings. The second kappa shape index (κ2) is 8.27. The van der Waals surface area contributed by atoms with E-state index in [1.807, 2.05) is 30.3 Å². The number of nitrogens with two attached hydrogens (primary N) is 1. The Bertz CT molecular complexity index is 980. The number of rotatable bonds is 6. The van der Waals surface area contributed by atoms with Gasteiger partial charge in [-0.1, -0.05) is 5.16 Å². The summed E-state index contributed by atoms with van der Waals surface area (Å²) in [7, 11) is 1.63. The number of primary amides is 1. The van der Waals surface area contributed by atoms with Crippen LogP contribution in [0.3, 0.4) is 0 Å². The minimum absolute atomic E-state index is 0.279. The molecule has 2 aromatic heterocycles. The van der Waals surface area contributed by atoms with Gasteiger partial charge in [0, 0.05) is 43.6 Å². The lowest BCUT2D eigenvalue weighted by Gasteiger charge is -2.35. The van der Waals surface area contributed by atoms with Crippen LogP contribution in [-0.2, 0) is 6.54 Å². The van der Waals surface area contributed by atoms with E-state index >= 15 is 0 Å². The van der Waals surface area contributed by atoms with E-state index in [9.17, 15) is 4.79 Å². The number of carbonyl (C=O) groups is 1. The number of pyridine rings is 1. The average molecular weight is 394 g/mol. The van der Waals surface area contributed by atoms with Crippen molar-refractivity contribution in [1.82, 2.24) is 20.0 Å². The van der Waals surface area contributed by atoms with Gasteiger partial charge in [-0.05, 0) is 36.4 Å². The highest BCUT2D eigenvalue weighted by molar-refractivity contribution is 5.91. The van der Waals surface area contributed by atoms with Gasteiger partial charge in [-0.3, -0.25) is 14.7 Å². The number of amides is 1. The number of nitrogens with zero attached hydrogens (tertiary/aromatic N) is 5. The lowest BCUT2D eigenvalue weighted by Crippen LogP contribution is -2.46. The maximum absolute atomic E-state index is 11.3. The van der Waals surface area contributed by atoms with Gasteiger partial charge >= 0.3 is 0 Å². The third-order valence-corrected chi connectivity index (χ3v) is 4.91. The molecular formula is C20H22N6O3. The number of methoxy groups -OCH3 is 1. The summed E-state index contributed by atoms with van der Waals surface area (Å²) in [5, 5.41) is 4.08. The Labute approximate surface area is 168 Å². The average Bonchev–Trinajstić information content (AvgIpc) is 3.23. The molecular weight excluding hydrogens is 372 g/mol. The largest absolute Gasteiger partial charge is 0.497 e. The fourth-order valence-corrected chi connectivity index (χ4v) is 3.28. The topological polar surface area (TPSA) is 111 Å². The summed E-state index contributed by atoms with van der Waals surface area (Å²) >= 11 is 0. The second-order valence-electron chi connectivity index (χ2n) is 6.77. The predicted molar refractivity (Wildman–Crippen MR) is 107 cm³/mol. The molecule has 1 amide bonds. The minimum Gasteiger partial charge on any atom is -0.497 e. The van der Waals surface area contributed by atoms with E-state index < -0.39 is 5.91 Å². The summed E-state index contributed by atoms with van der Waals surface area (Å²) in [5.74, 6) is 1.42. The third-order valence-electron chi connectivity index (χ3n) is 4.91. The smallest absolute Gasteiger partial charge is 0.267 e. The standard InChI is InChI=1S/C20H22N6O3/c1-28-16-4-2-14(3-5-16)20-23-18(29-24-20)13-25-8-10-26(11-9-25)15-6-7-22-17(12-15)19(21)27/h2-7,12H,8-11,13H2,1H3,(H2,21,27). The quantitative estimate of drug-likeness (QED) is 0.671. The maximum Gasteiger partial charge on any atom is 0.267 e. The second-order valence-corrected chi connectivity index (χ2v) is 6.77. The molecule has 29 heavy (non-hydrogen) atoms. The van der Waals surface area contributed by atoms with E-state index in [4.69, 9.17) is 15.0 Å². The molecule has 0 aliphatic carbocycles. The van der Waals surface area contributed by atoms with Crippen molar-refractivity contribution < 1.29 is 14.1 Å². The first-order valence-corrected chi connectivity index (χ1v) is 9.32. The molecule has 150 valence electrons. The van der Waals surface area contributed by atoms with E-state index in [1.54, 1.807) is 19.4 Å². The van der Waals surface area contributed by atoms with Crippen LogP contribution in [0.2, 0.25) is 0 Å². The Morgan fingerprint density at radius 3 is 2.62 bits per heavy atom. The molecule has 1 saturated heterocycles. The fourth-order valence-electron chi connectivity index (χ4n) is 3.28. The van der Waals surface area contributed by atoms with Gasteiger partial charge in [0.15, 0.2) is 0 Å². The maximum atomic E-state index is 11.3. The Balaban J connectivity index is 1.35. The zero-order chi connectivity index (χ0) is 20.2. The molecule has 0 radical (unpaired) electrons. The summed E-state index contributed by atoms with van der Waals surface area (Å²) in [4.78, 5) is 24.3. The van der Waals surface area contributed by atoms with Crippen molar-refractivity contribution in [1.29, 1.82) is 0 Å². The van der Waals surface area contributed by atoms with Gasteiger partial charge in [0.05, 0.1) is 13.7 Å². The van der Waals surface area contributed by atoms with Gasteiger partial charge < -0.3 is 19.9 Å². The van der Waals surface area contributed by atoms with E-state index in [0.717, 1.165) is 43.2 Å². The zero-order valence-electron chi connectivity index (χ0n) is 16.1. The molecule has 0 spiro atoms. The molecule has 0 unspecified atom stereocenters. The SMILES string of the molecule is COc1ccc(-c2noc(CN3CCN(c4ccnc(C(N)=O)c4)CC3)n2)cc1. The van der Waals surface area contributed by atoms with Crippen molar-refractivity contribution in [2.75, 3.05) is 38.2 Å². The lowest BCUT2D eigenvalue weighted by atomic mass is 10.2. The summed E-state index contributed by atoms with van der Waals surface area (Å²) < 4.78 is 10.6. The molecule has 3 heterocycles. The number of aromatic nitrogens is 3. The Morgan fingerprint density at radius 2 is 1.93 bits per heavy atom. The summed E-state index contributed by atoms with van der Waals surface area (Å²) in [5.41, 5.74) is 7.44. The van der Waals surface area contributed by atoms with E-state index in [1.165, 1.54) is 0 Å². The number of anilines is 1. The van der Waals surface area contributed by atoms with Crippen LogP contribution in [0, 0.1) is 0 Å². The first kappa shape index (κ1) is 18.9. The van der Waals surface area contributed by atoms with Crippen molar-refractivity contribution in [3.63, 3.8) is 0 Å². The lowest BCUT2D eigenvalue weighted by molar-refractivity contribution is 0.0995. The van der Waals surface area contributed by atoms with Crippen molar-refractivity contribution in [2.45, 2.75) is 6.54 Å². The fraction of sp³-hybridized carbons (Fsp3) is 0.300. The number of hydrogen-bond acceptors (Lipinski definition) is 8. The molecule has 1 aliphatic heterocycles. The summed E-state index contributed by atoms with van der Waals surface area (Å²) in [6, 6.07) is 11.2. The highest BCUT2D eigenvalue weighted by atomic mass is 16.5. The molecule has 2 N–H and O–H groups in total. The third kappa shape index (κ3) is 4.35. The number of hydrogen-bond donors (Lipinski definition) is 1. The highest BCUT2D eigenvalue weighted by Gasteiger charge is 2.20. The van der Waals surface area contributed by atoms with Gasteiger partial charge in [-0.25, -0.2) is 0 Å². The Kier molecular flexibility index (Phi) is 5.39. The van der Waals surface area contributed by atoms with Crippen LogP contribution in [-0.4, -0.2) is 59.2 Å². The monoisotopic (exact) mass is 394 g/mol. The van der Waals surface area contributed by atoms with Crippen LogP contribution in [0.25, 0.3) is 11.4 Å². The van der Waals surface area contributed by atoms with Gasteiger partial charge in [-0.15, -0.1) is 0 Å². The van der Waals surface area contributed by atoms with Crippen molar-refractivity contribution in [3.05, 3.63) is 54.2 Å². The molecule has 4 rings (SSSR count). The number of benzene rings is 1. The highest BCUT2D eigenvalue weighted by Crippen LogP contribution is 2.21. The summed E-state index contributed by atoms with van der Waals surface area (Å²) in [6.45, 7) is 3.92. The van der Waals surface area contributed by atoms with Crippen LogP contribution in [0.1, 0.15) is 16.4 Å². The first-order valence-electron chi connectivity index (χ1n) is 9.32. The van der Waals surface area contributed by atoms with E-state index in [0.29, 0.717) is 18.3 Å². The van der Waals surface area contributed by atoms with Gasteiger partial charge in [0.2, 0.25) is 11.7 Å².